The number of carbonyl (C=O) groups excluding carboxylic acids is 8. The molecule has 7 atom stereocenters. The van der Waals surface area contributed by atoms with E-state index in [2.05, 4.69) is 25.9 Å². The van der Waals surface area contributed by atoms with Gasteiger partial charge in [-0.25, -0.2) is 14.2 Å². The second kappa shape index (κ2) is 27.1. The number of alkyl carbamates (subject to hydrolysis) is 1. The monoisotopic (exact) mass is 1250 g/mol. The number of H-pyrrole nitrogens is 1. The Bertz CT molecular complexity index is 3710. The van der Waals surface area contributed by atoms with Crippen molar-refractivity contribution in [2.45, 2.75) is 135 Å². The van der Waals surface area contributed by atoms with Crippen LogP contribution < -0.4 is 31.3 Å². The van der Waals surface area contributed by atoms with Crippen molar-refractivity contribution in [3.05, 3.63) is 135 Å². The summed E-state index contributed by atoms with van der Waals surface area (Å²) in [6.07, 6.45) is -0.472. The number of Topliss-reactive ketones (excluding diaryl/α,β-unsaturated/α-hetero) is 1. The lowest BCUT2D eigenvalue weighted by molar-refractivity contribution is -0.142. The normalized spacial score (nSPS) is 18.4. The third-order valence-electron chi connectivity index (χ3n) is 16.3. The molecular weight excluding hydrogens is 1170 g/mol. The summed E-state index contributed by atoms with van der Waals surface area (Å²) in [5, 5.41) is 19.7. The van der Waals surface area contributed by atoms with Crippen LogP contribution in [0.5, 0.6) is 5.75 Å². The van der Waals surface area contributed by atoms with Crippen molar-refractivity contribution in [1.29, 1.82) is 0 Å². The quantitative estimate of drug-likeness (QED) is 0.0168. The number of nitrogens with zero attached hydrogens (tertiary/aromatic N) is 3. The number of primary amides is 1. The molecule has 2 aromatic heterocycles. The highest BCUT2D eigenvalue weighted by molar-refractivity contribution is 7.70. The van der Waals surface area contributed by atoms with E-state index in [0.717, 1.165) is 32.8 Å². The number of rotatable bonds is 24. The number of thiazole rings is 1. The van der Waals surface area contributed by atoms with Gasteiger partial charge in [-0.05, 0) is 116 Å². The fraction of sp³-hybridized carbons (Fsp3) is 0.413. The lowest BCUT2D eigenvalue weighted by atomic mass is 9.85. The molecule has 4 aromatic carbocycles. The Labute approximate surface area is 511 Å². The van der Waals surface area contributed by atoms with Gasteiger partial charge in [0.15, 0.2) is 17.3 Å². The molecule has 0 unspecified atom stereocenters. The van der Waals surface area contributed by atoms with Crippen LogP contribution in [0.2, 0.25) is 0 Å². The zero-order valence-electron chi connectivity index (χ0n) is 49.4. The minimum Gasteiger partial charge on any atom is -0.488 e. The number of aromatic nitrogens is 2. The highest BCUT2D eigenvalue weighted by atomic mass is 32.1. The number of β-amino-alcohol motifs (C(OH)–C–C–N with tert-alkyl or cyclic N) is 1. The Hall–Kier alpha value is -8.15. The van der Waals surface area contributed by atoms with Gasteiger partial charge in [0, 0.05) is 54.6 Å². The molecule has 25 heteroatoms. The molecule has 0 aliphatic carbocycles. The molecule has 0 saturated carbocycles. The van der Waals surface area contributed by atoms with E-state index in [0.29, 0.717) is 41.4 Å². The van der Waals surface area contributed by atoms with Crippen LogP contribution in [-0.2, 0) is 52.5 Å². The Kier molecular flexibility index (Phi) is 19.8. The lowest BCUT2D eigenvalue weighted by Gasteiger charge is -2.35. The van der Waals surface area contributed by atoms with Crippen molar-refractivity contribution >= 4 is 82.5 Å². The summed E-state index contributed by atoms with van der Waals surface area (Å²) in [4.78, 5) is 138. The molecular formula is C63H72FN8O14PS. The van der Waals surface area contributed by atoms with E-state index in [-0.39, 0.29) is 81.7 Å². The summed E-state index contributed by atoms with van der Waals surface area (Å²) >= 11 is 1.54. The molecule has 22 nitrogen and oxygen atoms in total. The first-order valence-electron chi connectivity index (χ1n) is 29.2. The van der Waals surface area contributed by atoms with E-state index in [1.165, 1.54) is 40.1 Å². The van der Waals surface area contributed by atoms with Crippen molar-refractivity contribution in [3.63, 3.8) is 0 Å². The SMILES string of the molecule is Cc1ncsc1-c1ccc([C@H](C)NC(=O)[C@@H]2C[C@@H](O)CN2C(=O)[C@@H](NC(=O)OCCCCc2cccc(OC[C@H](CCC(N)=O)NC(=O)[C@@H]3Cc4cccc5c4N3C(=O)[C@@H](CC(=O)c3cc4cc(C(=O)P(=O)(O)O)ccc4[nH]3)CC5)c2F)C(C)(C)C)cc1. The number of nitrogens with two attached hydrogens (primary N) is 1. The lowest BCUT2D eigenvalue weighted by Crippen LogP contribution is -2.58. The number of unbranched alkanes of at least 4 members (excludes halogenated alkanes) is 1. The molecule has 0 spiro atoms. The van der Waals surface area contributed by atoms with Crippen LogP contribution in [0.15, 0.2) is 90.4 Å². The number of fused-ring (bicyclic) bond motifs is 1. The van der Waals surface area contributed by atoms with Crippen LogP contribution in [0.1, 0.15) is 127 Å². The smallest absolute Gasteiger partial charge is 0.407 e. The highest BCUT2D eigenvalue weighted by Gasteiger charge is 2.47. The number of aryl methyl sites for hydroxylation is 3. The average molecular weight is 1250 g/mol. The number of halogens is 1. The number of hydrogen-bond acceptors (Lipinski definition) is 14. The fourth-order valence-electron chi connectivity index (χ4n) is 11.6. The van der Waals surface area contributed by atoms with Crippen LogP contribution in [-0.4, -0.2) is 127 Å². The van der Waals surface area contributed by atoms with E-state index in [1.54, 1.807) is 49.8 Å². The molecule has 6 aromatic rings. The molecule has 5 heterocycles. The maximum atomic E-state index is 16.1. The van der Waals surface area contributed by atoms with E-state index in [9.17, 15) is 57.8 Å². The summed E-state index contributed by atoms with van der Waals surface area (Å²) in [6, 6.07) is 18.8. The number of ether oxygens (including phenoxy) is 2. The van der Waals surface area contributed by atoms with Gasteiger partial charge in [-0.15, -0.1) is 11.3 Å². The number of benzene rings is 4. The number of likely N-dealkylation sites (tertiary alicyclic amines) is 1. The molecule has 88 heavy (non-hydrogen) atoms. The van der Waals surface area contributed by atoms with Crippen molar-refractivity contribution < 1.29 is 71.7 Å². The predicted octanol–water partition coefficient (Wildman–Crippen LogP) is 7.28. The number of aliphatic hydroxyl groups excluding tert-OH is 1. The second-order valence-electron chi connectivity index (χ2n) is 23.9. The summed E-state index contributed by atoms with van der Waals surface area (Å²) in [6.45, 7) is 8.58. The van der Waals surface area contributed by atoms with Gasteiger partial charge in [-0.3, -0.25) is 43.0 Å². The molecule has 9 N–H and O–H groups in total. The molecule has 466 valence electrons. The number of hydrogen-bond donors (Lipinski definition) is 8. The van der Waals surface area contributed by atoms with Crippen molar-refractivity contribution in [2.24, 2.45) is 17.1 Å². The number of para-hydroxylation sites is 1. The Balaban J connectivity index is 0.769. The van der Waals surface area contributed by atoms with Crippen LogP contribution in [0.3, 0.4) is 0 Å². The van der Waals surface area contributed by atoms with Gasteiger partial charge in [0.1, 0.15) is 24.7 Å². The zero-order valence-corrected chi connectivity index (χ0v) is 51.1. The van der Waals surface area contributed by atoms with Crippen LogP contribution in [0.25, 0.3) is 21.3 Å². The maximum absolute atomic E-state index is 16.1. The minimum absolute atomic E-state index is 0.0132. The topological polar surface area (TPSA) is 330 Å². The van der Waals surface area contributed by atoms with Gasteiger partial charge in [-0.1, -0.05) is 75.4 Å². The summed E-state index contributed by atoms with van der Waals surface area (Å²) in [7, 11) is -5.06. The Morgan fingerprint density at radius 3 is 2.36 bits per heavy atom. The van der Waals surface area contributed by atoms with Crippen molar-refractivity contribution in [2.75, 3.05) is 24.7 Å². The molecule has 3 aliphatic heterocycles. The van der Waals surface area contributed by atoms with Gasteiger partial charge in [0.05, 0.1) is 52.3 Å². The number of ketones is 1. The highest BCUT2D eigenvalue weighted by Crippen LogP contribution is 2.42. The molecule has 1 fully saturated rings. The molecule has 3 aliphatic rings. The molecule has 0 bridgehead atoms. The van der Waals surface area contributed by atoms with Crippen LogP contribution in [0, 0.1) is 24.1 Å². The maximum Gasteiger partial charge on any atom is 0.407 e. The van der Waals surface area contributed by atoms with E-state index in [1.807, 2.05) is 56.3 Å². The van der Waals surface area contributed by atoms with E-state index >= 15 is 4.39 Å². The van der Waals surface area contributed by atoms with Crippen LogP contribution >= 0.6 is 18.9 Å². The van der Waals surface area contributed by atoms with Gasteiger partial charge in [0.25, 0.3) is 5.52 Å². The summed E-state index contributed by atoms with van der Waals surface area (Å²) < 4.78 is 39.2. The number of anilines is 1. The van der Waals surface area contributed by atoms with E-state index < -0.39 is 108 Å². The standard InChI is InChI=1S/C63H72FN8O14PS/c1-34(36-15-18-39(19-16-36)55-35(2)66-33-88-55)67-57(76)48-30-45(73)31-71(48)60(79)56(63(3,4)5)70-62(81)85-25-7-6-10-37-11-9-14-51(53(37)64)86-32-44(22-24-52(65)75)68-58(77)49-28-40-13-8-12-38-17-20-41(59(78)72(49)54(38)40)29-50(74)47-27-43-26-42(21-23-46(43)69-47)61(80)87(82,83)84/h8-9,11-16,18-19,21,23,26-27,33-34,41,44-45,48-49,56,69,73H,6-7,10,17,20,22,24-25,28-32H2,1-5H3,(H2,65,75)(H,67,76)(H,68,77)(H,70,81)(H2,82,83,84)/t34-,41+,44-,45+,48-,49-,56+/m0/s1. The van der Waals surface area contributed by atoms with Crippen molar-refractivity contribution in [3.8, 4) is 16.2 Å². The van der Waals surface area contributed by atoms with Crippen molar-refractivity contribution in [1.82, 2.24) is 30.8 Å². The third kappa shape index (κ3) is 14.9. The average Bonchev–Trinajstić information content (AvgIpc) is 1.84. The number of aromatic amines is 1. The van der Waals surface area contributed by atoms with Gasteiger partial charge < -0.3 is 55.9 Å². The van der Waals surface area contributed by atoms with Gasteiger partial charge >= 0.3 is 13.7 Å². The summed E-state index contributed by atoms with van der Waals surface area (Å²) in [5.41, 5.74) is 10.6. The Morgan fingerprint density at radius 1 is 0.932 bits per heavy atom. The molecule has 9 rings (SSSR count). The number of nitrogens with one attached hydrogen (secondary N) is 4. The first kappa shape index (κ1) is 64.3. The van der Waals surface area contributed by atoms with Gasteiger partial charge in [-0.2, -0.15) is 0 Å². The molecule has 0 radical (unpaired) electrons. The largest absolute Gasteiger partial charge is 0.488 e. The molecule has 1 saturated heterocycles. The predicted molar refractivity (Wildman–Crippen MR) is 325 cm³/mol. The zero-order chi connectivity index (χ0) is 63.4. The Morgan fingerprint density at radius 2 is 1.66 bits per heavy atom. The number of aliphatic hydroxyl groups is 1. The third-order valence-corrected chi connectivity index (χ3v) is 18.1. The summed E-state index contributed by atoms with van der Waals surface area (Å²) in [5.74, 6) is -4.78. The van der Waals surface area contributed by atoms with Gasteiger partial charge in [0.2, 0.25) is 29.5 Å². The first-order valence-corrected chi connectivity index (χ1v) is 31.7. The molecule has 6 amide bonds. The van der Waals surface area contributed by atoms with Crippen LogP contribution in [0.4, 0.5) is 14.9 Å². The van der Waals surface area contributed by atoms with E-state index in [4.69, 9.17) is 15.2 Å². The minimum atomic E-state index is -5.06. The number of carbonyl (C=O) groups is 8. The second-order valence-corrected chi connectivity index (χ2v) is 26.2. The number of amides is 6. The fourth-order valence-corrected chi connectivity index (χ4v) is 12.9. The first-order chi connectivity index (χ1) is 41.7.